The maximum absolute atomic E-state index is 12.4. The number of anilines is 1. The van der Waals surface area contributed by atoms with E-state index in [-0.39, 0.29) is 11.5 Å². The number of rotatable bonds is 3. The van der Waals surface area contributed by atoms with Crippen molar-refractivity contribution in [1.29, 1.82) is 0 Å². The molecule has 3 aromatic rings. The van der Waals surface area contributed by atoms with E-state index in [0.29, 0.717) is 35.2 Å². The Morgan fingerprint density at radius 1 is 1.17 bits per heavy atom. The van der Waals surface area contributed by atoms with Crippen LogP contribution < -0.4 is 9.64 Å². The Kier molecular flexibility index (Phi) is 5.58. The smallest absolute Gasteiger partial charge is 0.410 e. The highest BCUT2D eigenvalue weighted by molar-refractivity contribution is 6.31. The molecule has 2 aliphatic rings. The van der Waals surface area contributed by atoms with E-state index in [1.165, 1.54) is 0 Å². The van der Waals surface area contributed by atoms with Gasteiger partial charge in [-0.25, -0.2) is 19.7 Å². The van der Waals surface area contributed by atoms with Crippen molar-refractivity contribution in [2.45, 2.75) is 39.7 Å². The lowest BCUT2D eigenvalue weighted by Crippen LogP contribution is -2.60. The van der Waals surface area contributed by atoms with Crippen molar-refractivity contribution >= 4 is 34.8 Å². The molecule has 0 unspecified atom stereocenters. The number of carbonyl (C=O) groups excluding carboxylic acids is 1. The molecule has 2 aromatic heterocycles. The average molecular weight is 499 g/mol. The van der Waals surface area contributed by atoms with Crippen molar-refractivity contribution in [2.75, 3.05) is 38.2 Å². The number of hydrogen-bond acceptors (Lipinski definition) is 7. The molecule has 0 N–H and O–H groups in total. The highest BCUT2D eigenvalue weighted by Gasteiger charge is 2.50. The molecule has 0 aliphatic carbocycles. The van der Waals surface area contributed by atoms with Crippen molar-refractivity contribution in [3.8, 4) is 17.1 Å². The zero-order chi connectivity index (χ0) is 25.1. The van der Waals surface area contributed by atoms with Crippen LogP contribution in [0.4, 0.5) is 10.6 Å². The normalized spacial score (nSPS) is 17.2. The Morgan fingerprint density at radius 2 is 1.91 bits per heavy atom. The maximum atomic E-state index is 12.4. The van der Waals surface area contributed by atoms with Crippen LogP contribution in [-0.4, -0.2) is 69.4 Å². The molecule has 0 radical (unpaired) electrons. The summed E-state index contributed by atoms with van der Waals surface area (Å²) >= 11 is 6.23. The van der Waals surface area contributed by atoms with Crippen molar-refractivity contribution in [2.24, 2.45) is 12.5 Å². The number of hydrogen-bond donors (Lipinski definition) is 0. The summed E-state index contributed by atoms with van der Waals surface area (Å²) in [5.41, 5.74) is 2.72. The molecule has 2 saturated heterocycles. The van der Waals surface area contributed by atoms with Crippen molar-refractivity contribution in [1.82, 2.24) is 24.4 Å². The van der Waals surface area contributed by atoms with E-state index in [2.05, 4.69) is 4.90 Å². The zero-order valence-corrected chi connectivity index (χ0v) is 21.8. The fraction of sp³-hybridized carbons (Fsp3) is 0.520. The van der Waals surface area contributed by atoms with E-state index < -0.39 is 5.60 Å². The van der Waals surface area contributed by atoms with Crippen LogP contribution in [0.25, 0.3) is 22.7 Å². The summed E-state index contributed by atoms with van der Waals surface area (Å²) < 4.78 is 13.0. The molecule has 1 amide bonds. The summed E-state index contributed by atoms with van der Waals surface area (Å²) in [5, 5.41) is 0.615. The maximum Gasteiger partial charge on any atom is 0.410 e. The Bertz CT molecular complexity index is 1310. The second-order valence-electron chi connectivity index (χ2n) is 10.7. The fourth-order valence-corrected chi connectivity index (χ4v) is 5.36. The van der Waals surface area contributed by atoms with Crippen LogP contribution >= 0.6 is 11.6 Å². The molecular formula is C25H31ClN6O3. The standard InChI is InChI=1S/C25H31ClN6O3/c1-15-9-16(26)10-17(34-6)19(15)21-29-20-22(30(21)5)27-11-18(28-20)31-8-7-25(12-31)13-32(14-25)23(33)35-24(2,3)4/h9-11H,7-8,12-14H2,1-6H3. The second-order valence-corrected chi connectivity index (χ2v) is 11.1. The van der Waals surface area contributed by atoms with Crippen LogP contribution in [0.3, 0.4) is 0 Å². The Balaban J connectivity index is 1.36. The average Bonchev–Trinajstić information content (AvgIpc) is 3.33. The predicted molar refractivity (Wildman–Crippen MR) is 135 cm³/mol. The molecule has 5 rings (SSSR count). The van der Waals surface area contributed by atoms with Gasteiger partial charge in [-0.2, -0.15) is 0 Å². The van der Waals surface area contributed by atoms with Crippen LogP contribution in [0.5, 0.6) is 5.75 Å². The Morgan fingerprint density at radius 3 is 2.60 bits per heavy atom. The second kappa shape index (κ2) is 8.26. The van der Waals surface area contributed by atoms with Gasteiger partial charge in [0.05, 0.1) is 18.9 Å². The van der Waals surface area contributed by atoms with Gasteiger partial charge in [0, 0.05) is 43.7 Å². The minimum atomic E-state index is -0.483. The lowest BCUT2D eigenvalue weighted by Gasteiger charge is -2.47. The van der Waals surface area contributed by atoms with Gasteiger partial charge in [0.25, 0.3) is 0 Å². The topological polar surface area (TPSA) is 85.6 Å². The molecule has 4 heterocycles. The molecule has 1 spiro atoms. The molecule has 1 aromatic carbocycles. The van der Waals surface area contributed by atoms with Gasteiger partial charge >= 0.3 is 6.09 Å². The number of aromatic nitrogens is 4. The molecule has 0 atom stereocenters. The van der Waals surface area contributed by atoms with Gasteiger partial charge in [0.2, 0.25) is 0 Å². The van der Waals surface area contributed by atoms with Crippen LogP contribution in [0, 0.1) is 12.3 Å². The molecule has 0 bridgehead atoms. The van der Waals surface area contributed by atoms with E-state index in [9.17, 15) is 4.79 Å². The molecular weight excluding hydrogens is 468 g/mol. The number of methoxy groups -OCH3 is 1. The number of ether oxygens (including phenoxy) is 2. The molecule has 186 valence electrons. The Hall–Kier alpha value is -3.07. The third-order valence-corrected chi connectivity index (χ3v) is 6.96. The van der Waals surface area contributed by atoms with E-state index in [1.54, 1.807) is 18.1 Å². The van der Waals surface area contributed by atoms with Gasteiger partial charge in [-0.3, -0.25) is 0 Å². The number of carbonyl (C=O) groups is 1. The van der Waals surface area contributed by atoms with E-state index in [4.69, 9.17) is 36.0 Å². The van der Waals surface area contributed by atoms with E-state index in [0.717, 1.165) is 42.3 Å². The van der Waals surface area contributed by atoms with Crippen LogP contribution in [0.2, 0.25) is 5.02 Å². The van der Waals surface area contributed by atoms with Gasteiger partial charge in [-0.15, -0.1) is 0 Å². The predicted octanol–water partition coefficient (Wildman–Crippen LogP) is 4.45. The summed E-state index contributed by atoms with van der Waals surface area (Å²) in [6.07, 6.45) is 2.57. The van der Waals surface area contributed by atoms with Crippen LogP contribution in [0.15, 0.2) is 18.3 Å². The number of imidazole rings is 1. The van der Waals surface area contributed by atoms with Crippen LogP contribution in [-0.2, 0) is 11.8 Å². The number of amides is 1. The van der Waals surface area contributed by atoms with Crippen molar-refractivity contribution in [3.05, 3.63) is 28.9 Å². The third-order valence-electron chi connectivity index (χ3n) is 6.74. The first-order valence-electron chi connectivity index (χ1n) is 11.8. The Labute approximate surface area is 210 Å². The summed E-state index contributed by atoms with van der Waals surface area (Å²) in [7, 11) is 3.55. The fourth-order valence-electron chi connectivity index (χ4n) is 5.09. The molecule has 2 aliphatic heterocycles. The minimum absolute atomic E-state index is 0.0800. The SMILES string of the molecule is COc1cc(Cl)cc(C)c1-c1nc2nc(N3CCC4(CN(C(=O)OC(C)(C)C)C4)C3)cnc2n1C. The molecule has 9 nitrogen and oxygen atoms in total. The molecule has 10 heteroatoms. The summed E-state index contributed by atoms with van der Waals surface area (Å²) in [6, 6.07) is 3.69. The van der Waals surface area contributed by atoms with Gasteiger partial charge in [-0.05, 0) is 51.8 Å². The molecule has 0 saturated carbocycles. The van der Waals surface area contributed by atoms with Gasteiger partial charge in [0.1, 0.15) is 23.0 Å². The number of nitrogens with zero attached hydrogens (tertiary/aromatic N) is 6. The number of aryl methyl sites for hydroxylation is 2. The lowest BCUT2D eigenvalue weighted by atomic mass is 9.79. The van der Waals surface area contributed by atoms with Crippen LogP contribution in [0.1, 0.15) is 32.8 Å². The zero-order valence-electron chi connectivity index (χ0n) is 21.1. The third kappa shape index (κ3) is 4.26. The lowest BCUT2D eigenvalue weighted by molar-refractivity contribution is -0.0266. The number of halogens is 1. The van der Waals surface area contributed by atoms with Gasteiger partial charge in [-0.1, -0.05) is 11.6 Å². The molecule has 35 heavy (non-hydrogen) atoms. The van der Waals surface area contributed by atoms with Gasteiger partial charge < -0.3 is 23.8 Å². The van der Waals surface area contributed by atoms with E-state index >= 15 is 0 Å². The number of likely N-dealkylation sites (tertiary alicyclic amines) is 1. The first kappa shape index (κ1) is 23.7. The molecule has 2 fully saturated rings. The summed E-state index contributed by atoms with van der Waals surface area (Å²) in [4.78, 5) is 30.8. The quantitative estimate of drug-likeness (QED) is 0.527. The number of fused-ring (bicyclic) bond motifs is 1. The van der Waals surface area contributed by atoms with Gasteiger partial charge in [0.15, 0.2) is 11.3 Å². The first-order valence-corrected chi connectivity index (χ1v) is 12.1. The van der Waals surface area contributed by atoms with E-state index in [1.807, 2.05) is 51.6 Å². The highest BCUT2D eigenvalue weighted by Crippen LogP contribution is 2.42. The summed E-state index contributed by atoms with van der Waals surface area (Å²) in [5.74, 6) is 2.19. The largest absolute Gasteiger partial charge is 0.496 e. The summed E-state index contributed by atoms with van der Waals surface area (Å²) in [6.45, 7) is 10.8. The first-order chi connectivity index (χ1) is 16.5. The van der Waals surface area contributed by atoms with Crippen molar-refractivity contribution < 1.29 is 14.3 Å². The van der Waals surface area contributed by atoms with Crippen molar-refractivity contribution in [3.63, 3.8) is 0 Å². The monoisotopic (exact) mass is 498 g/mol. The minimum Gasteiger partial charge on any atom is -0.496 e. The highest BCUT2D eigenvalue weighted by atomic mass is 35.5. The number of benzene rings is 1.